The molecular formula is C24H25Cl3N4O. The topological polar surface area (TPSA) is 54.5 Å². The van der Waals surface area contributed by atoms with Crippen molar-refractivity contribution in [1.29, 1.82) is 0 Å². The van der Waals surface area contributed by atoms with E-state index in [0.717, 1.165) is 36.3 Å². The summed E-state index contributed by atoms with van der Waals surface area (Å²) in [6.45, 7) is 6.38. The van der Waals surface area contributed by atoms with Crippen LogP contribution >= 0.6 is 34.8 Å². The number of amidine groups is 1. The highest BCUT2D eigenvalue weighted by Gasteiger charge is 2.39. The molecule has 3 unspecified atom stereocenters. The molecule has 8 heteroatoms. The Bertz CT molecular complexity index is 1110. The fourth-order valence-corrected chi connectivity index (χ4v) is 4.54. The molecule has 168 valence electrons. The van der Waals surface area contributed by atoms with Gasteiger partial charge >= 0.3 is 0 Å². The van der Waals surface area contributed by atoms with Crippen LogP contribution in [0.4, 0.5) is 5.69 Å². The highest BCUT2D eigenvalue weighted by atomic mass is 35.5. The second-order valence-electron chi connectivity index (χ2n) is 8.13. The van der Waals surface area contributed by atoms with Crippen LogP contribution in [0, 0.1) is 0 Å². The number of rotatable bonds is 7. The third-order valence-electron chi connectivity index (χ3n) is 5.75. The number of aliphatic imine (C=N–C) groups is 1. The van der Waals surface area contributed by atoms with E-state index in [2.05, 4.69) is 35.9 Å². The van der Waals surface area contributed by atoms with Gasteiger partial charge in [-0.25, -0.2) is 0 Å². The number of aromatic nitrogens is 2. The molecule has 4 rings (SSSR count). The van der Waals surface area contributed by atoms with Crippen LogP contribution in [-0.4, -0.2) is 22.1 Å². The zero-order valence-electron chi connectivity index (χ0n) is 18.2. The molecule has 32 heavy (non-hydrogen) atoms. The van der Waals surface area contributed by atoms with Gasteiger partial charge in [0, 0.05) is 27.2 Å². The quantitative estimate of drug-likeness (QED) is 0.339. The number of benzene rings is 2. The molecule has 0 N–H and O–H groups in total. The number of nitrogens with zero attached hydrogens (tertiary/aromatic N) is 4. The summed E-state index contributed by atoms with van der Waals surface area (Å²) in [6.07, 6.45) is 3.28. The predicted molar refractivity (Wildman–Crippen MR) is 131 cm³/mol. The molecule has 0 saturated heterocycles. The van der Waals surface area contributed by atoms with E-state index in [-0.39, 0.29) is 18.0 Å². The van der Waals surface area contributed by atoms with Crippen LogP contribution in [0.1, 0.15) is 69.3 Å². The van der Waals surface area contributed by atoms with E-state index in [1.807, 2.05) is 36.4 Å². The number of hydrogen-bond acceptors (Lipinski definition) is 5. The van der Waals surface area contributed by atoms with Crippen molar-refractivity contribution in [1.82, 2.24) is 10.2 Å². The molecule has 0 amide bonds. The van der Waals surface area contributed by atoms with Crippen molar-refractivity contribution >= 4 is 46.3 Å². The Kier molecular flexibility index (Phi) is 7.08. The van der Waals surface area contributed by atoms with Gasteiger partial charge in [-0.3, -0.25) is 4.99 Å². The van der Waals surface area contributed by atoms with E-state index in [1.54, 1.807) is 6.07 Å². The largest absolute Gasteiger partial charge is 0.423 e. The van der Waals surface area contributed by atoms with Crippen molar-refractivity contribution in [2.45, 2.75) is 58.0 Å². The molecule has 0 fully saturated rings. The molecule has 0 saturated carbocycles. The Labute approximate surface area is 203 Å². The lowest BCUT2D eigenvalue weighted by Crippen LogP contribution is -2.36. The minimum absolute atomic E-state index is 0.0721. The lowest BCUT2D eigenvalue weighted by molar-refractivity contribution is 0.380. The number of anilines is 1. The Morgan fingerprint density at radius 3 is 2.44 bits per heavy atom. The molecule has 1 aliphatic heterocycles. The van der Waals surface area contributed by atoms with Gasteiger partial charge in [-0.05, 0) is 55.8 Å². The average Bonchev–Trinajstić information content (AvgIpc) is 3.38. The summed E-state index contributed by atoms with van der Waals surface area (Å²) in [5.41, 5.74) is 1.74. The maximum Gasteiger partial charge on any atom is 0.243 e. The Balaban J connectivity index is 1.73. The lowest BCUT2D eigenvalue weighted by Gasteiger charge is -2.27. The first-order valence-corrected chi connectivity index (χ1v) is 11.9. The molecule has 0 spiro atoms. The zero-order chi connectivity index (χ0) is 22.8. The third-order valence-corrected chi connectivity index (χ3v) is 6.55. The fraction of sp³-hybridized carbons (Fsp3) is 0.375. The van der Waals surface area contributed by atoms with E-state index >= 15 is 0 Å². The van der Waals surface area contributed by atoms with E-state index in [1.165, 1.54) is 0 Å². The molecule has 3 atom stereocenters. The third kappa shape index (κ3) is 4.66. The van der Waals surface area contributed by atoms with Crippen LogP contribution in [0.3, 0.4) is 0 Å². The van der Waals surface area contributed by atoms with Crippen molar-refractivity contribution in [3.8, 4) is 0 Å². The molecule has 0 bridgehead atoms. The zero-order valence-corrected chi connectivity index (χ0v) is 20.5. The second-order valence-corrected chi connectivity index (χ2v) is 9.41. The smallest absolute Gasteiger partial charge is 0.243 e. The van der Waals surface area contributed by atoms with Crippen LogP contribution in [-0.2, 0) is 0 Å². The van der Waals surface area contributed by atoms with Crippen molar-refractivity contribution in [3.63, 3.8) is 0 Å². The Morgan fingerprint density at radius 1 is 1.03 bits per heavy atom. The molecule has 0 aliphatic carbocycles. The summed E-state index contributed by atoms with van der Waals surface area (Å²) in [4.78, 5) is 7.13. The Hall–Kier alpha value is -2.08. The van der Waals surface area contributed by atoms with E-state index in [9.17, 15) is 0 Å². The van der Waals surface area contributed by atoms with Crippen LogP contribution in [0.2, 0.25) is 15.1 Å². The van der Waals surface area contributed by atoms with Crippen LogP contribution in [0.5, 0.6) is 0 Å². The summed E-state index contributed by atoms with van der Waals surface area (Å²) in [5, 5.41) is 10.4. The summed E-state index contributed by atoms with van der Waals surface area (Å²) in [7, 11) is 0. The highest BCUT2D eigenvalue weighted by Crippen LogP contribution is 2.38. The molecule has 5 nitrogen and oxygen atoms in total. The van der Waals surface area contributed by atoms with Gasteiger partial charge in [0.05, 0.1) is 11.1 Å². The van der Waals surface area contributed by atoms with Crippen LogP contribution in [0.15, 0.2) is 51.9 Å². The molecule has 1 aliphatic rings. The molecule has 2 heterocycles. The maximum absolute atomic E-state index is 6.56. The number of halogens is 3. The van der Waals surface area contributed by atoms with Gasteiger partial charge in [0.15, 0.2) is 6.04 Å². The normalized spacial score (nSPS) is 19.3. The van der Waals surface area contributed by atoms with Crippen molar-refractivity contribution in [2.24, 2.45) is 4.99 Å². The lowest BCUT2D eigenvalue weighted by atomic mass is 10.1. The van der Waals surface area contributed by atoms with Gasteiger partial charge in [-0.15, -0.1) is 10.2 Å². The van der Waals surface area contributed by atoms with Gasteiger partial charge in [-0.2, -0.15) is 0 Å². The maximum atomic E-state index is 6.56. The molecule has 1 aromatic heterocycles. The van der Waals surface area contributed by atoms with Gasteiger partial charge in [0.25, 0.3) is 0 Å². The van der Waals surface area contributed by atoms with Crippen molar-refractivity contribution < 1.29 is 4.42 Å². The predicted octanol–water partition coefficient (Wildman–Crippen LogP) is 7.72. The summed E-state index contributed by atoms with van der Waals surface area (Å²) < 4.78 is 6.10. The van der Waals surface area contributed by atoms with Gasteiger partial charge in [0.2, 0.25) is 11.8 Å². The Morgan fingerprint density at radius 2 is 1.75 bits per heavy atom. The van der Waals surface area contributed by atoms with Crippen LogP contribution in [0.25, 0.3) is 0 Å². The standard InChI is InChI=1S/C24H25Cl3N4O/c1-4-5-6-14(2)23-29-30-24(32-23)21-15(3)31(18-10-7-16(25)8-11-18)22(28-21)19-12-9-17(26)13-20(19)27/h7-15,21H,4-6H2,1-3H3. The summed E-state index contributed by atoms with van der Waals surface area (Å²) >= 11 is 18.8. The molecule has 0 radical (unpaired) electrons. The first kappa shape index (κ1) is 23.1. The van der Waals surface area contributed by atoms with E-state index in [0.29, 0.717) is 26.8 Å². The number of hydrogen-bond donors (Lipinski definition) is 0. The van der Waals surface area contributed by atoms with Gasteiger partial charge < -0.3 is 9.32 Å². The number of unbranched alkanes of at least 4 members (excludes halogenated alkanes) is 1. The van der Waals surface area contributed by atoms with Crippen molar-refractivity contribution in [2.75, 3.05) is 4.90 Å². The SMILES string of the molecule is CCCCC(C)c1nnc(C2N=C(c3ccc(Cl)cc3Cl)N(c3ccc(Cl)cc3)C2C)o1. The highest BCUT2D eigenvalue weighted by molar-refractivity contribution is 6.37. The monoisotopic (exact) mass is 490 g/mol. The summed E-state index contributed by atoms with van der Waals surface area (Å²) in [6, 6.07) is 12.7. The van der Waals surface area contributed by atoms with E-state index < -0.39 is 0 Å². The van der Waals surface area contributed by atoms with Crippen LogP contribution < -0.4 is 4.90 Å². The molecular weight excluding hydrogens is 467 g/mol. The van der Waals surface area contributed by atoms with Gasteiger partial charge in [0.1, 0.15) is 5.84 Å². The molecule has 3 aromatic rings. The first-order chi connectivity index (χ1) is 15.4. The van der Waals surface area contributed by atoms with Crippen molar-refractivity contribution in [3.05, 3.63) is 74.9 Å². The minimum Gasteiger partial charge on any atom is -0.423 e. The van der Waals surface area contributed by atoms with E-state index in [4.69, 9.17) is 44.2 Å². The minimum atomic E-state index is -0.327. The average molecular weight is 492 g/mol. The van der Waals surface area contributed by atoms with Gasteiger partial charge in [-0.1, -0.05) is 61.5 Å². The first-order valence-electron chi connectivity index (χ1n) is 10.8. The fourth-order valence-electron chi connectivity index (χ4n) is 3.93. The molecule has 2 aromatic carbocycles. The second kappa shape index (κ2) is 9.82. The summed E-state index contributed by atoms with van der Waals surface area (Å²) in [5.74, 6) is 2.11.